The molecule has 0 saturated carbocycles. The van der Waals surface area contributed by atoms with Gasteiger partial charge in [-0.3, -0.25) is 5.01 Å². The highest BCUT2D eigenvalue weighted by atomic mass is 15.7. The summed E-state index contributed by atoms with van der Waals surface area (Å²) in [7, 11) is 0. The number of hydrogen-bond donors (Lipinski definition) is 0. The first-order valence-electron chi connectivity index (χ1n) is 6.64. The molecular weight excluding hydrogens is 212 g/mol. The quantitative estimate of drug-likeness (QED) is 0.766. The summed E-state index contributed by atoms with van der Waals surface area (Å²) in [6.45, 7) is 11.6. The van der Waals surface area contributed by atoms with E-state index in [9.17, 15) is 0 Å². The van der Waals surface area contributed by atoms with Gasteiger partial charge in [0.05, 0.1) is 12.4 Å². The number of aryl methyl sites for hydroxylation is 1. The number of hydrogen-bond acceptors (Lipinski definition) is 3. The Balaban J connectivity index is 1.66. The predicted molar refractivity (Wildman–Crippen MR) is 68.6 cm³/mol. The highest BCUT2D eigenvalue weighted by Crippen LogP contribution is 2.31. The second kappa shape index (κ2) is 4.02. The Labute approximate surface area is 103 Å². The number of rotatable bonds is 2. The second-order valence-corrected chi connectivity index (χ2v) is 5.88. The highest BCUT2D eigenvalue weighted by Gasteiger charge is 2.40. The third kappa shape index (κ3) is 1.95. The zero-order valence-corrected chi connectivity index (χ0v) is 11.0. The van der Waals surface area contributed by atoms with E-state index in [1.54, 1.807) is 0 Å². The van der Waals surface area contributed by atoms with Crippen LogP contribution in [-0.4, -0.2) is 47.0 Å². The fourth-order valence-electron chi connectivity index (χ4n) is 3.15. The zero-order chi connectivity index (χ0) is 12.0. The Kier molecular flexibility index (Phi) is 2.62. The number of nitrogens with zero attached hydrogens (tertiary/aromatic N) is 4. The van der Waals surface area contributed by atoms with Crippen molar-refractivity contribution in [1.82, 2.24) is 14.8 Å². The maximum absolute atomic E-state index is 4.41. The van der Waals surface area contributed by atoms with Crippen LogP contribution in [0.25, 0.3) is 0 Å². The van der Waals surface area contributed by atoms with Crippen molar-refractivity contribution in [2.45, 2.75) is 26.8 Å². The first kappa shape index (κ1) is 11.1. The van der Waals surface area contributed by atoms with E-state index >= 15 is 0 Å². The molecule has 0 N–H and O–H groups in total. The Morgan fingerprint density at radius 3 is 2.29 bits per heavy atom. The number of likely N-dealkylation sites (tertiary alicyclic amines) is 1. The van der Waals surface area contributed by atoms with Crippen molar-refractivity contribution in [3.63, 3.8) is 0 Å². The molecule has 2 fully saturated rings. The third-order valence-corrected chi connectivity index (χ3v) is 4.21. The molecule has 2 atom stereocenters. The third-order valence-electron chi connectivity index (χ3n) is 4.21. The van der Waals surface area contributed by atoms with Crippen molar-refractivity contribution in [3.8, 4) is 0 Å². The lowest BCUT2D eigenvalue weighted by molar-refractivity contribution is 0.255. The van der Waals surface area contributed by atoms with E-state index in [2.05, 4.69) is 42.0 Å². The molecule has 0 bridgehead atoms. The van der Waals surface area contributed by atoms with Gasteiger partial charge < -0.3 is 4.90 Å². The lowest BCUT2D eigenvalue weighted by atomic mass is 10.0. The van der Waals surface area contributed by atoms with E-state index in [0.29, 0.717) is 6.04 Å². The first-order chi connectivity index (χ1) is 8.13. The van der Waals surface area contributed by atoms with Gasteiger partial charge >= 0.3 is 0 Å². The fourth-order valence-corrected chi connectivity index (χ4v) is 3.15. The summed E-state index contributed by atoms with van der Waals surface area (Å²) in [5.41, 5.74) is 1.24. The Morgan fingerprint density at radius 1 is 1.18 bits per heavy atom. The maximum Gasteiger partial charge on any atom is 0.0540 e. The summed E-state index contributed by atoms with van der Waals surface area (Å²) < 4.78 is 0. The lowest BCUT2D eigenvalue weighted by Gasteiger charge is -2.25. The highest BCUT2D eigenvalue weighted by molar-refractivity contribution is 5.08. The van der Waals surface area contributed by atoms with Crippen LogP contribution in [0.2, 0.25) is 0 Å². The van der Waals surface area contributed by atoms with E-state index in [0.717, 1.165) is 24.9 Å². The average Bonchev–Trinajstić information content (AvgIpc) is 2.88. The van der Waals surface area contributed by atoms with Gasteiger partial charge in [0.2, 0.25) is 0 Å². The predicted octanol–water partition coefficient (Wildman–Crippen LogP) is 1.10. The van der Waals surface area contributed by atoms with E-state index in [1.165, 1.54) is 18.7 Å². The lowest BCUT2D eigenvalue weighted by Crippen LogP contribution is -2.38. The molecule has 2 saturated heterocycles. The van der Waals surface area contributed by atoms with E-state index in [1.807, 2.05) is 11.0 Å². The smallest absolute Gasteiger partial charge is 0.0540 e. The van der Waals surface area contributed by atoms with Crippen LogP contribution in [-0.2, 0) is 0 Å². The zero-order valence-electron chi connectivity index (χ0n) is 11.0. The molecule has 3 heterocycles. The van der Waals surface area contributed by atoms with Crippen LogP contribution < -0.4 is 5.01 Å². The maximum atomic E-state index is 4.41. The molecular formula is C13H22N4. The van der Waals surface area contributed by atoms with Gasteiger partial charge in [0, 0.05) is 32.2 Å². The average molecular weight is 234 g/mol. The first-order valence-corrected chi connectivity index (χ1v) is 6.64. The summed E-state index contributed by atoms with van der Waals surface area (Å²) in [4.78, 5) is 4.65. The summed E-state index contributed by atoms with van der Waals surface area (Å²) in [5, 5.41) is 6.80. The van der Waals surface area contributed by atoms with Crippen molar-refractivity contribution in [3.05, 3.63) is 18.0 Å². The molecule has 0 radical (unpaired) electrons. The molecule has 1 aromatic rings. The van der Waals surface area contributed by atoms with Crippen LogP contribution in [0.4, 0.5) is 0 Å². The van der Waals surface area contributed by atoms with E-state index < -0.39 is 0 Å². The van der Waals surface area contributed by atoms with Gasteiger partial charge in [-0.2, -0.15) is 9.89 Å². The fraction of sp³-hybridized carbons (Fsp3) is 0.769. The Morgan fingerprint density at radius 2 is 1.82 bits per heavy atom. The van der Waals surface area contributed by atoms with Crippen LogP contribution in [0.15, 0.2) is 12.4 Å². The molecule has 94 valence electrons. The normalized spacial score (nSPS) is 29.3. The van der Waals surface area contributed by atoms with Crippen molar-refractivity contribution >= 4 is 0 Å². The molecule has 4 heteroatoms. The molecule has 0 amide bonds. The summed E-state index contributed by atoms with van der Waals surface area (Å²) >= 11 is 0. The minimum absolute atomic E-state index is 0.695. The SMILES string of the molecule is Cc1cnn(N2CC3CN(C(C)C)CC3C2)c1. The van der Waals surface area contributed by atoms with Crippen molar-refractivity contribution in [2.24, 2.45) is 11.8 Å². The van der Waals surface area contributed by atoms with Gasteiger partial charge in [-0.15, -0.1) is 0 Å². The van der Waals surface area contributed by atoms with E-state index in [-0.39, 0.29) is 0 Å². The van der Waals surface area contributed by atoms with Gasteiger partial charge in [0.25, 0.3) is 0 Å². The number of aromatic nitrogens is 2. The van der Waals surface area contributed by atoms with Crippen LogP contribution in [0, 0.1) is 18.8 Å². The summed E-state index contributed by atoms with van der Waals surface area (Å²) in [6, 6.07) is 0.695. The largest absolute Gasteiger partial charge is 0.300 e. The van der Waals surface area contributed by atoms with Crippen LogP contribution in [0.1, 0.15) is 19.4 Å². The molecule has 0 aliphatic carbocycles. The molecule has 0 spiro atoms. The van der Waals surface area contributed by atoms with E-state index in [4.69, 9.17) is 0 Å². The summed E-state index contributed by atoms with van der Waals surface area (Å²) in [5.74, 6) is 1.67. The van der Waals surface area contributed by atoms with Crippen LogP contribution in [0.5, 0.6) is 0 Å². The number of fused-ring (bicyclic) bond motifs is 1. The van der Waals surface area contributed by atoms with Gasteiger partial charge in [-0.25, -0.2) is 0 Å². The van der Waals surface area contributed by atoms with Gasteiger partial charge in [0.1, 0.15) is 0 Å². The summed E-state index contributed by atoms with van der Waals surface area (Å²) in [6.07, 6.45) is 4.07. The monoisotopic (exact) mass is 234 g/mol. The molecule has 3 rings (SSSR count). The standard InChI is InChI=1S/C13H22N4/c1-10(2)15-6-12-8-16(9-13(12)7-15)17-5-11(3)4-14-17/h4-5,10,12-13H,6-9H2,1-3H3. The molecule has 1 aromatic heterocycles. The van der Waals surface area contributed by atoms with Gasteiger partial charge in [-0.1, -0.05) is 0 Å². The minimum atomic E-state index is 0.695. The molecule has 0 aromatic carbocycles. The topological polar surface area (TPSA) is 24.3 Å². The molecule has 17 heavy (non-hydrogen) atoms. The molecule has 4 nitrogen and oxygen atoms in total. The molecule has 2 aliphatic heterocycles. The minimum Gasteiger partial charge on any atom is -0.300 e. The second-order valence-electron chi connectivity index (χ2n) is 5.88. The van der Waals surface area contributed by atoms with Crippen LogP contribution in [0.3, 0.4) is 0 Å². The van der Waals surface area contributed by atoms with Crippen molar-refractivity contribution < 1.29 is 0 Å². The van der Waals surface area contributed by atoms with Gasteiger partial charge in [0.15, 0.2) is 0 Å². The van der Waals surface area contributed by atoms with Crippen molar-refractivity contribution in [2.75, 3.05) is 31.2 Å². The molecule has 2 unspecified atom stereocenters. The molecule has 2 aliphatic rings. The Bertz CT molecular complexity index is 384. The Hall–Kier alpha value is -1.03. The van der Waals surface area contributed by atoms with Crippen LogP contribution >= 0.6 is 0 Å². The van der Waals surface area contributed by atoms with Crippen molar-refractivity contribution in [1.29, 1.82) is 0 Å². The van der Waals surface area contributed by atoms with Gasteiger partial charge in [-0.05, 0) is 38.2 Å².